The van der Waals surface area contributed by atoms with E-state index in [9.17, 15) is 0 Å². The molecule has 8 heteroatoms. The third kappa shape index (κ3) is 3.60. The summed E-state index contributed by atoms with van der Waals surface area (Å²) in [6.07, 6.45) is 0. The highest BCUT2D eigenvalue weighted by molar-refractivity contribution is 5.71. The summed E-state index contributed by atoms with van der Waals surface area (Å²) in [6, 6.07) is 5.66. The molecule has 0 atom stereocenters. The first kappa shape index (κ1) is 18.1. The van der Waals surface area contributed by atoms with Gasteiger partial charge in [-0.15, -0.1) is 0 Å². The summed E-state index contributed by atoms with van der Waals surface area (Å²) in [5.41, 5.74) is 7.52. The second kappa shape index (κ2) is 7.65. The number of hydrogen-bond acceptors (Lipinski definition) is 8. The van der Waals surface area contributed by atoms with Crippen LogP contribution in [0.15, 0.2) is 18.2 Å². The Morgan fingerprint density at radius 1 is 0.885 bits per heavy atom. The topological polar surface area (TPSA) is 86.0 Å². The fourth-order valence-electron chi connectivity index (χ4n) is 3.03. The van der Waals surface area contributed by atoms with Crippen molar-refractivity contribution in [2.45, 2.75) is 0 Å². The fraction of sp³-hybridized carbons (Fsp3) is 0.444. The lowest BCUT2D eigenvalue weighted by molar-refractivity contribution is 0.312. The van der Waals surface area contributed by atoms with Gasteiger partial charge in [0.1, 0.15) is 5.82 Å². The highest BCUT2D eigenvalue weighted by Gasteiger charge is 2.19. The summed E-state index contributed by atoms with van der Waals surface area (Å²) in [5.74, 6) is 2.75. The molecule has 0 aliphatic carbocycles. The van der Waals surface area contributed by atoms with Crippen molar-refractivity contribution in [2.75, 3.05) is 65.2 Å². The highest BCUT2D eigenvalue weighted by Crippen LogP contribution is 2.41. The quantitative estimate of drug-likeness (QED) is 0.860. The Kier molecular flexibility index (Phi) is 5.32. The maximum Gasteiger partial charge on any atom is 0.222 e. The number of benzene rings is 1. The van der Waals surface area contributed by atoms with Crippen molar-refractivity contribution < 1.29 is 14.2 Å². The Morgan fingerprint density at radius 3 is 2.04 bits per heavy atom. The van der Waals surface area contributed by atoms with E-state index in [1.54, 1.807) is 21.3 Å². The van der Waals surface area contributed by atoms with Gasteiger partial charge in [-0.1, -0.05) is 0 Å². The van der Waals surface area contributed by atoms with Crippen LogP contribution in [0.4, 0.5) is 11.8 Å². The Bertz CT molecular complexity index is 750. The average Bonchev–Trinajstić information content (AvgIpc) is 2.66. The smallest absolute Gasteiger partial charge is 0.222 e. The molecular formula is C18H25N5O3. The van der Waals surface area contributed by atoms with Gasteiger partial charge in [-0.3, -0.25) is 0 Å². The molecule has 8 nitrogen and oxygen atoms in total. The molecule has 0 bridgehead atoms. The van der Waals surface area contributed by atoms with Crippen LogP contribution < -0.4 is 24.8 Å². The van der Waals surface area contributed by atoms with Crippen molar-refractivity contribution in [3.05, 3.63) is 18.2 Å². The van der Waals surface area contributed by atoms with Crippen molar-refractivity contribution >= 4 is 11.8 Å². The molecule has 0 saturated carbocycles. The molecule has 140 valence electrons. The van der Waals surface area contributed by atoms with E-state index in [1.165, 1.54) is 0 Å². The zero-order valence-corrected chi connectivity index (χ0v) is 15.7. The van der Waals surface area contributed by atoms with Gasteiger partial charge in [0.2, 0.25) is 11.7 Å². The van der Waals surface area contributed by atoms with Crippen LogP contribution in [0.1, 0.15) is 0 Å². The molecule has 1 saturated heterocycles. The van der Waals surface area contributed by atoms with Crippen molar-refractivity contribution in [2.24, 2.45) is 0 Å². The zero-order valence-electron chi connectivity index (χ0n) is 15.7. The van der Waals surface area contributed by atoms with Crippen LogP contribution in [-0.4, -0.2) is 69.4 Å². The van der Waals surface area contributed by atoms with Crippen LogP contribution in [0.3, 0.4) is 0 Å². The molecule has 26 heavy (non-hydrogen) atoms. The van der Waals surface area contributed by atoms with Crippen LogP contribution in [0.25, 0.3) is 11.3 Å². The van der Waals surface area contributed by atoms with Crippen LogP contribution in [0.2, 0.25) is 0 Å². The minimum absolute atomic E-state index is 0.241. The summed E-state index contributed by atoms with van der Waals surface area (Å²) in [7, 11) is 6.87. The van der Waals surface area contributed by atoms with Gasteiger partial charge in [0, 0.05) is 37.8 Å². The molecule has 0 radical (unpaired) electrons. The molecule has 2 aromatic rings. The van der Waals surface area contributed by atoms with E-state index in [0.29, 0.717) is 22.9 Å². The number of hydrogen-bond donors (Lipinski definition) is 1. The molecule has 1 aromatic heterocycles. The lowest BCUT2D eigenvalue weighted by Crippen LogP contribution is -2.44. The standard InChI is InChI=1S/C18H25N5O3/c1-22-5-7-23(8-6-22)16-11-13(20-18(19)21-16)12-9-14(24-2)17(26-4)15(10-12)25-3/h9-11H,5-8H2,1-4H3,(H2,19,20,21). The van der Waals surface area contributed by atoms with Gasteiger partial charge < -0.3 is 29.7 Å². The lowest BCUT2D eigenvalue weighted by Gasteiger charge is -2.33. The number of anilines is 2. The fourth-order valence-corrected chi connectivity index (χ4v) is 3.03. The Morgan fingerprint density at radius 2 is 1.50 bits per heavy atom. The molecule has 2 heterocycles. The van der Waals surface area contributed by atoms with Gasteiger partial charge in [-0.05, 0) is 19.2 Å². The van der Waals surface area contributed by atoms with Gasteiger partial charge in [-0.25, -0.2) is 4.98 Å². The Balaban J connectivity index is 2.01. The summed E-state index contributed by atoms with van der Waals surface area (Å²) in [6.45, 7) is 3.79. The van der Waals surface area contributed by atoms with Crippen LogP contribution in [0.5, 0.6) is 17.2 Å². The van der Waals surface area contributed by atoms with Crippen molar-refractivity contribution in [3.63, 3.8) is 0 Å². The molecule has 0 amide bonds. The number of aromatic nitrogens is 2. The number of nitrogen functional groups attached to an aromatic ring is 1. The highest BCUT2D eigenvalue weighted by atomic mass is 16.5. The molecule has 1 fully saturated rings. The summed E-state index contributed by atoms with van der Waals surface area (Å²) in [4.78, 5) is 13.3. The van der Waals surface area contributed by atoms with Gasteiger partial charge in [0.05, 0.1) is 27.0 Å². The molecule has 2 N–H and O–H groups in total. The van der Waals surface area contributed by atoms with E-state index in [1.807, 2.05) is 18.2 Å². The summed E-state index contributed by atoms with van der Waals surface area (Å²) < 4.78 is 16.2. The Labute approximate surface area is 153 Å². The first-order valence-electron chi connectivity index (χ1n) is 8.44. The molecule has 1 aliphatic rings. The predicted molar refractivity (Wildman–Crippen MR) is 101 cm³/mol. The van der Waals surface area contributed by atoms with Crippen LogP contribution in [-0.2, 0) is 0 Å². The minimum Gasteiger partial charge on any atom is -0.493 e. The van der Waals surface area contributed by atoms with Crippen LogP contribution in [0, 0.1) is 0 Å². The van der Waals surface area contributed by atoms with Crippen molar-refractivity contribution in [1.82, 2.24) is 14.9 Å². The van der Waals surface area contributed by atoms with Gasteiger partial charge >= 0.3 is 0 Å². The molecule has 1 aromatic carbocycles. The molecule has 3 rings (SSSR count). The van der Waals surface area contributed by atoms with Gasteiger partial charge in [-0.2, -0.15) is 4.98 Å². The van der Waals surface area contributed by atoms with Crippen molar-refractivity contribution in [3.8, 4) is 28.5 Å². The molecule has 0 unspecified atom stereocenters. The number of methoxy groups -OCH3 is 3. The Hall–Kier alpha value is -2.74. The molecular weight excluding hydrogens is 334 g/mol. The van der Waals surface area contributed by atoms with E-state index in [4.69, 9.17) is 19.9 Å². The lowest BCUT2D eigenvalue weighted by atomic mass is 10.1. The normalized spacial score (nSPS) is 15.0. The number of likely N-dealkylation sites (N-methyl/N-ethyl adjacent to an activating group) is 1. The molecule has 0 spiro atoms. The first-order chi connectivity index (χ1) is 12.5. The first-order valence-corrected chi connectivity index (χ1v) is 8.44. The van der Waals surface area contributed by atoms with E-state index >= 15 is 0 Å². The van der Waals surface area contributed by atoms with Gasteiger partial charge in [0.15, 0.2) is 11.5 Å². The SMILES string of the molecule is COc1cc(-c2cc(N3CCN(C)CC3)nc(N)n2)cc(OC)c1OC. The van der Waals surface area contributed by atoms with Crippen molar-refractivity contribution in [1.29, 1.82) is 0 Å². The van der Waals surface area contributed by atoms with E-state index in [2.05, 4.69) is 26.8 Å². The number of ether oxygens (including phenoxy) is 3. The second-order valence-electron chi connectivity index (χ2n) is 6.17. The maximum atomic E-state index is 5.98. The predicted octanol–water partition coefficient (Wildman–Crippen LogP) is 1.50. The maximum absolute atomic E-state index is 5.98. The van der Waals surface area contributed by atoms with Gasteiger partial charge in [0.25, 0.3) is 0 Å². The number of rotatable bonds is 5. The summed E-state index contributed by atoms with van der Waals surface area (Å²) in [5, 5.41) is 0. The monoisotopic (exact) mass is 359 g/mol. The zero-order chi connectivity index (χ0) is 18.7. The number of nitrogens with zero attached hydrogens (tertiary/aromatic N) is 4. The third-order valence-corrected chi connectivity index (χ3v) is 4.52. The van der Waals surface area contributed by atoms with E-state index < -0.39 is 0 Å². The van der Waals surface area contributed by atoms with Crippen LogP contribution >= 0.6 is 0 Å². The molecule has 1 aliphatic heterocycles. The van der Waals surface area contributed by atoms with E-state index in [0.717, 1.165) is 37.6 Å². The van der Waals surface area contributed by atoms with E-state index in [-0.39, 0.29) is 5.95 Å². The number of piperazine rings is 1. The largest absolute Gasteiger partial charge is 0.493 e. The average molecular weight is 359 g/mol. The minimum atomic E-state index is 0.241. The number of nitrogens with two attached hydrogens (primary N) is 1. The second-order valence-corrected chi connectivity index (χ2v) is 6.17. The third-order valence-electron chi connectivity index (χ3n) is 4.52. The summed E-state index contributed by atoms with van der Waals surface area (Å²) >= 11 is 0.